The summed E-state index contributed by atoms with van der Waals surface area (Å²) >= 11 is 0. The number of hydrogen-bond acceptors (Lipinski definition) is 5. The minimum Gasteiger partial charge on any atom is -0.493 e. The summed E-state index contributed by atoms with van der Waals surface area (Å²) in [7, 11) is 3.72. The van der Waals surface area contributed by atoms with Crippen molar-refractivity contribution in [3.8, 4) is 11.5 Å². The number of hydrogen-bond donors (Lipinski definition) is 0. The van der Waals surface area contributed by atoms with Gasteiger partial charge in [-0.1, -0.05) is 36.6 Å². The lowest BCUT2D eigenvalue weighted by Crippen LogP contribution is -2.25. The number of benzene rings is 1. The monoisotopic (exact) mass is 404 g/mol. The molecule has 0 saturated carbocycles. The van der Waals surface area contributed by atoms with Gasteiger partial charge in [0.1, 0.15) is 25.2 Å². The van der Waals surface area contributed by atoms with Gasteiger partial charge in [0.15, 0.2) is 0 Å². The zero-order chi connectivity index (χ0) is 21.5. The van der Waals surface area contributed by atoms with E-state index in [4.69, 9.17) is 14.3 Å². The average Bonchev–Trinajstić information content (AvgIpc) is 2.66. The third-order valence-corrected chi connectivity index (χ3v) is 4.69. The summed E-state index contributed by atoms with van der Waals surface area (Å²) in [5.41, 5.74) is 3.28. The number of nitrogens with zero attached hydrogens (tertiary/aromatic N) is 2. The highest BCUT2D eigenvalue weighted by molar-refractivity contribution is 5.83. The predicted molar refractivity (Wildman–Crippen MR) is 122 cm³/mol. The topological polar surface area (TPSA) is 43.3 Å². The van der Waals surface area contributed by atoms with Crippen LogP contribution in [-0.4, -0.2) is 51.1 Å². The highest BCUT2D eigenvalue weighted by atomic mass is 16.6. The van der Waals surface area contributed by atoms with Gasteiger partial charge in [0.25, 0.3) is 0 Å². The molecule has 0 N–H and O–H groups in total. The SMILES string of the molecule is C/C=C/COc1cc(C)c(OCCCCCCCN(C)CC(C)=NOC)c(C)c1. The quantitative estimate of drug-likeness (QED) is 0.167. The van der Waals surface area contributed by atoms with Crippen molar-refractivity contribution in [2.75, 3.05) is 40.5 Å². The molecule has 1 aromatic rings. The van der Waals surface area contributed by atoms with Gasteiger partial charge in [-0.15, -0.1) is 0 Å². The second kappa shape index (κ2) is 14.9. The standard InChI is InChI=1S/C24H40N2O3/c1-7-8-15-28-23-17-20(2)24(21(3)18-23)29-16-13-11-9-10-12-14-26(5)19-22(4)25-27-6/h7-8,17-18H,9-16,19H2,1-6H3/b8-7+,25-22?. The van der Waals surface area contributed by atoms with Crippen LogP contribution in [0.2, 0.25) is 0 Å². The van der Waals surface area contributed by atoms with Crippen LogP contribution in [0.3, 0.4) is 0 Å². The molecule has 0 unspecified atom stereocenters. The lowest BCUT2D eigenvalue weighted by molar-refractivity contribution is 0.210. The van der Waals surface area contributed by atoms with E-state index in [2.05, 4.69) is 43.1 Å². The molecular formula is C24H40N2O3. The summed E-state index contributed by atoms with van der Waals surface area (Å²) in [6.45, 7) is 11.5. The van der Waals surface area contributed by atoms with E-state index in [1.165, 1.54) is 25.7 Å². The fraction of sp³-hybridized carbons (Fsp3) is 0.625. The van der Waals surface area contributed by atoms with Crippen LogP contribution in [0.15, 0.2) is 29.4 Å². The molecule has 0 atom stereocenters. The number of allylic oxidation sites excluding steroid dienone is 1. The van der Waals surface area contributed by atoms with Crippen LogP contribution < -0.4 is 9.47 Å². The van der Waals surface area contributed by atoms with Gasteiger partial charge in [0.05, 0.1) is 12.3 Å². The zero-order valence-electron chi connectivity index (χ0n) is 19.3. The van der Waals surface area contributed by atoms with Crippen LogP contribution >= 0.6 is 0 Å². The van der Waals surface area contributed by atoms with Crippen molar-refractivity contribution in [2.24, 2.45) is 5.16 Å². The molecule has 5 nitrogen and oxygen atoms in total. The molecule has 0 aromatic heterocycles. The van der Waals surface area contributed by atoms with Crippen molar-refractivity contribution in [3.63, 3.8) is 0 Å². The van der Waals surface area contributed by atoms with Crippen LogP contribution in [0.1, 0.15) is 57.1 Å². The van der Waals surface area contributed by atoms with E-state index in [0.717, 1.165) is 54.5 Å². The Hall–Kier alpha value is -2.01. The zero-order valence-corrected chi connectivity index (χ0v) is 19.3. The first-order valence-electron chi connectivity index (χ1n) is 10.7. The molecule has 0 aliphatic heterocycles. The molecule has 1 rings (SSSR count). The maximum Gasteiger partial charge on any atom is 0.125 e. The number of ether oxygens (including phenoxy) is 2. The Labute approximate surface area is 177 Å². The van der Waals surface area contributed by atoms with Gasteiger partial charge in [-0.05, 0) is 77.4 Å². The Bertz CT molecular complexity index is 618. The molecule has 0 fully saturated rings. The van der Waals surface area contributed by atoms with Gasteiger partial charge >= 0.3 is 0 Å². The summed E-state index contributed by atoms with van der Waals surface area (Å²) in [4.78, 5) is 7.09. The van der Waals surface area contributed by atoms with Crippen molar-refractivity contribution in [2.45, 2.75) is 59.8 Å². The highest BCUT2D eigenvalue weighted by Crippen LogP contribution is 2.28. The van der Waals surface area contributed by atoms with Gasteiger partial charge in [0.2, 0.25) is 0 Å². The summed E-state index contributed by atoms with van der Waals surface area (Å²) in [6.07, 6.45) is 10.0. The van der Waals surface area contributed by atoms with Crippen LogP contribution in [0.25, 0.3) is 0 Å². The maximum atomic E-state index is 6.06. The number of unbranched alkanes of at least 4 members (excludes halogenated alkanes) is 4. The van der Waals surface area contributed by atoms with Crippen LogP contribution in [0, 0.1) is 13.8 Å². The predicted octanol–water partition coefficient (Wildman–Crippen LogP) is 5.54. The van der Waals surface area contributed by atoms with Crippen LogP contribution in [0.5, 0.6) is 11.5 Å². The minimum absolute atomic E-state index is 0.603. The molecule has 0 spiro atoms. The van der Waals surface area contributed by atoms with Crippen molar-refractivity contribution < 1.29 is 14.3 Å². The first kappa shape index (κ1) is 25.0. The fourth-order valence-electron chi connectivity index (χ4n) is 3.30. The van der Waals surface area contributed by atoms with Crippen molar-refractivity contribution >= 4 is 5.71 Å². The maximum absolute atomic E-state index is 6.06. The molecule has 0 saturated heterocycles. The molecule has 1 aromatic carbocycles. The van der Waals surface area contributed by atoms with Gasteiger partial charge in [-0.25, -0.2) is 0 Å². The summed E-state index contributed by atoms with van der Waals surface area (Å²) in [6, 6.07) is 4.11. The second-order valence-corrected chi connectivity index (χ2v) is 7.63. The minimum atomic E-state index is 0.603. The molecule has 29 heavy (non-hydrogen) atoms. The van der Waals surface area contributed by atoms with Crippen molar-refractivity contribution in [1.82, 2.24) is 4.90 Å². The molecule has 0 aliphatic carbocycles. The van der Waals surface area contributed by atoms with E-state index >= 15 is 0 Å². The molecule has 0 heterocycles. The largest absolute Gasteiger partial charge is 0.493 e. The Kier molecular flexibility index (Phi) is 12.9. The number of rotatable bonds is 15. The van der Waals surface area contributed by atoms with E-state index in [-0.39, 0.29) is 0 Å². The van der Waals surface area contributed by atoms with E-state index in [9.17, 15) is 0 Å². The molecule has 0 radical (unpaired) electrons. The lowest BCUT2D eigenvalue weighted by atomic mass is 10.1. The molecule has 0 bridgehead atoms. The summed E-state index contributed by atoms with van der Waals surface area (Å²) < 4.78 is 11.8. The van der Waals surface area contributed by atoms with Crippen molar-refractivity contribution in [3.05, 3.63) is 35.4 Å². The molecule has 0 amide bonds. The van der Waals surface area contributed by atoms with E-state index < -0.39 is 0 Å². The second-order valence-electron chi connectivity index (χ2n) is 7.63. The third-order valence-electron chi connectivity index (χ3n) is 4.69. The Balaban J connectivity index is 2.19. The average molecular weight is 405 g/mol. The molecule has 0 aliphatic rings. The van der Waals surface area contributed by atoms with Crippen molar-refractivity contribution in [1.29, 1.82) is 0 Å². The molecule has 5 heteroatoms. The van der Waals surface area contributed by atoms with Crippen LogP contribution in [0.4, 0.5) is 0 Å². The van der Waals surface area contributed by atoms with E-state index in [0.29, 0.717) is 6.61 Å². The fourth-order valence-corrected chi connectivity index (χ4v) is 3.30. The third kappa shape index (κ3) is 10.9. The van der Waals surface area contributed by atoms with Crippen LogP contribution in [-0.2, 0) is 4.84 Å². The first-order chi connectivity index (χ1) is 14.0. The van der Waals surface area contributed by atoms with Gasteiger partial charge in [-0.3, -0.25) is 0 Å². The highest BCUT2D eigenvalue weighted by Gasteiger charge is 2.07. The first-order valence-corrected chi connectivity index (χ1v) is 10.7. The Morgan fingerprint density at radius 2 is 1.69 bits per heavy atom. The Morgan fingerprint density at radius 1 is 1.03 bits per heavy atom. The molecular weight excluding hydrogens is 364 g/mol. The Morgan fingerprint density at radius 3 is 2.34 bits per heavy atom. The number of oxime groups is 1. The molecule has 164 valence electrons. The summed E-state index contributed by atoms with van der Waals surface area (Å²) in [5.74, 6) is 1.90. The number of aryl methyl sites for hydroxylation is 2. The normalized spacial score (nSPS) is 12.0. The van der Waals surface area contributed by atoms with Gasteiger partial charge in [-0.2, -0.15) is 0 Å². The lowest BCUT2D eigenvalue weighted by Gasteiger charge is -2.16. The van der Waals surface area contributed by atoms with E-state index in [1.807, 2.05) is 26.0 Å². The smallest absolute Gasteiger partial charge is 0.125 e. The van der Waals surface area contributed by atoms with E-state index in [1.54, 1.807) is 7.11 Å². The summed E-state index contributed by atoms with van der Waals surface area (Å²) in [5, 5.41) is 3.95. The van der Waals surface area contributed by atoms with Gasteiger partial charge < -0.3 is 19.2 Å². The van der Waals surface area contributed by atoms with Gasteiger partial charge in [0, 0.05) is 6.54 Å².